The maximum Gasteiger partial charge on any atom is 0.103 e. The van der Waals surface area contributed by atoms with Gasteiger partial charge in [-0.05, 0) is 17.7 Å². The summed E-state index contributed by atoms with van der Waals surface area (Å²) in [7, 11) is 0. The molecule has 0 radical (unpaired) electrons. The second-order valence-corrected chi connectivity index (χ2v) is 5.04. The van der Waals surface area contributed by atoms with Crippen molar-refractivity contribution in [2.75, 3.05) is 0 Å². The molecule has 0 saturated carbocycles. The van der Waals surface area contributed by atoms with E-state index in [0.717, 1.165) is 16.3 Å². The molecule has 2 nitrogen and oxygen atoms in total. The Bertz CT molecular complexity index is 397. The molecule has 1 N–H and O–H groups in total. The van der Waals surface area contributed by atoms with Gasteiger partial charge in [0, 0.05) is 16.5 Å². The van der Waals surface area contributed by atoms with E-state index in [-0.39, 0.29) is 6.61 Å². The molecule has 4 heteroatoms. The van der Waals surface area contributed by atoms with Crippen molar-refractivity contribution in [1.29, 1.82) is 0 Å². The summed E-state index contributed by atoms with van der Waals surface area (Å²) in [5.41, 5.74) is 0.952. The number of rotatable bonds is 4. The van der Waals surface area contributed by atoms with Crippen LogP contribution >= 0.6 is 23.1 Å². The van der Waals surface area contributed by atoms with Crippen LogP contribution in [0.4, 0.5) is 0 Å². The molecule has 2 rings (SSSR count). The lowest BCUT2D eigenvalue weighted by Gasteiger charge is -2.00. The Morgan fingerprint density at radius 1 is 1.27 bits per heavy atom. The molecule has 0 saturated heterocycles. The molecule has 78 valence electrons. The number of thioether (sulfide) groups is 1. The van der Waals surface area contributed by atoms with E-state index >= 15 is 0 Å². The van der Waals surface area contributed by atoms with Crippen LogP contribution in [0.15, 0.2) is 40.7 Å². The van der Waals surface area contributed by atoms with Crippen LogP contribution in [0.5, 0.6) is 0 Å². The molecule has 15 heavy (non-hydrogen) atoms. The van der Waals surface area contributed by atoms with Crippen molar-refractivity contribution in [1.82, 2.24) is 4.98 Å². The number of benzene rings is 1. The molecule has 0 bridgehead atoms. The maximum atomic E-state index is 8.89. The van der Waals surface area contributed by atoms with Crippen LogP contribution in [0.2, 0.25) is 0 Å². The van der Waals surface area contributed by atoms with Crippen molar-refractivity contribution in [2.24, 2.45) is 0 Å². The van der Waals surface area contributed by atoms with Crippen molar-refractivity contribution in [2.45, 2.75) is 17.3 Å². The molecular weight excluding hydrogens is 226 g/mol. The average Bonchev–Trinajstić information content (AvgIpc) is 2.80. The van der Waals surface area contributed by atoms with E-state index in [1.54, 1.807) is 23.1 Å². The highest BCUT2D eigenvalue weighted by Gasteiger charge is 1.98. The maximum absolute atomic E-state index is 8.89. The summed E-state index contributed by atoms with van der Waals surface area (Å²) in [6.07, 6.45) is 1.83. The SMILES string of the molecule is OCc1ccc(SCc2nccs2)cc1. The largest absolute Gasteiger partial charge is 0.392 e. The van der Waals surface area contributed by atoms with Gasteiger partial charge >= 0.3 is 0 Å². The Kier molecular flexibility index (Phi) is 3.77. The van der Waals surface area contributed by atoms with E-state index in [1.165, 1.54) is 4.90 Å². The third-order valence-electron chi connectivity index (χ3n) is 1.95. The highest BCUT2D eigenvalue weighted by atomic mass is 32.2. The van der Waals surface area contributed by atoms with Gasteiger partial charge in [-0.1, -0.05) is 12.1 Å². The van der Waals surface area contributed by atoms with Gasteiger partial charge in [-0.3, -0.25) is 0 Å². The zero-order chi connectivity index (χ0) is 10.5. The minimum atomic E-state index is 0.109. The highest BCUT2D eigenvalue weighted by Crippen LogP contribution is 2.23. The molecule has 1 aromatic carbocycles. The lowest BCUT2D eigenvalue weighted by atomic mass is 10.2. The summed E-state index contributed by atoms with van der Waals surface area (Å²) < 4.78 is 0. The van der Waals surface area contributed by atoms with E-state index in [0.29, 0.717) is 0 Å². The van der Waals surface area contributed by atoms with E-state index < -0.39 is 0 Å². The van der Waals surface area contributed by atoms with Gasteiger partial charge in [-0.2, -0.15) is 0 Å². The summed E-state index contributed by atoms with van der Waals surface area (Å²) in [6.45, 7) is 0.109. The molecule has 0 fully saturated rings. The van der Waals surface area contributed by atoms with Crippen LogP contribution in [0, 0.1) is 0 Å². The van der Waals surface area contributed by atoms with Crippen LogP contribution in [0.25, 0.3) is 0 Å². The molecule has 0 atom stereocenters. The van der Waals surface area contributed by atoms with Crippen LogP contribution in [-0.4, -0.2) is 10.1 Å². The van der Waals surface area contributed by atoms with Crippen molar-refractivity contribution < 1.29 is 5.11 Å². The lowest BCUT2D eigenvalue weighted by Crippen LogP contribution is -1.82. The first-order valence-electron chi connectivity index (χ1n) is 4.59. The molecule has 0 amide bonds. The molecule has 2 aromatic rings. The topological polar surface area (TPSA) is 33.1 Å². The minimum Gasteiger partial charge on any atom is -0.392 e. The van der Waals surface area contributed by atoms with Gasteiger partial charge in [0.25, 0.3) is 0 Å². The first-order chi connectivity index (χ1) is 7.38. The Labute approximate surface area is 97.0 Å². The fourth-order valence-corrected chi connectivity index (χ4v) is 2.70. The summed E-state index contributed by atoms with van der Waals surface area (Å²) in [5.74, 6) is 0.913. The van der Waals surface area contributed by atoms with Crippen molar-refractivity contribution >= 4 is 23.1 Å². The Hall–Kier alpha value is -0.840. The molecule has 0 aliphatic carbocycles. The smallest absolute Gasteiger partial charge is 0.103 e. The molecule has 0 aliphatic heterocycles. The van der Waals surface area contributed by atoms with Crippen molar-refractivity contribution in [3.05, 3.63) is 46.4 Å². The lowest BCUT2D eigenvalue weighted by molar-refractivity contribution is 0.282. The highest BCUT2D eigenvalue weighted by molar-refractivity contribution is 7.98. The predicted octanol–water partition coefficient (Wildman–Crippen LogP) is 2.93. The molecule has 0 aliphatic rings. The molecule has 1 aromatic heterocycles. The normalized spacial score (nSPS) is 10.5. The number of thiazole rings is 1. The van der Waals surface area contributed by atoms with E-state index in [1.807, 2.05) is 35.8 Å². The van der Waals surface area contributed by atoms with Gasteiger partial charge in [0.05, 0.1) is 12.4 Å². The minimum absolute atomic E-state index is 0.109. The van der Waals surface area contributed by atoms with Crippen LogP contribution < -0.4 is 0 Å². The zero-order valence-electron chi connectivity index (χ0n) is 8.09. The molecule has 0 unspecified atom stereocenters. The fraction of sp³-hybridized carbons (Fsp3) is 0.182. The fourth-order valence-electron chi connectivity index (χ4n) is 1.16. The van der Waals surface area contributed by atoms with E-state index in [2.05, 4.69) is 4.98 Å². The third kappa shape index (κ3) is 3.06. The van der Waals surface area contributed by atoms with Crippen molar-refractivity contribution in [3.63, 3.8) is 0 Å². The number of aliphatic hydroxyl groups is 1. The number of aliphatic hydroxyl groups excluding tert-OH is 1. The van der Waals surface area contributed by atoms with Gasteiger partial charge in [-0.25, -0.2) is 4.98 Å². The summed E-state index contributed by atoms with van der Waals surface area (Å²) in [6, 6.07) is 7.96. The predicted molar refractivity (Wildman–Crippen MR) is 64.0 cm³/mol. The van der Waals surface area contributed by atoms with Crippen LogP contribution in [-0.2, 0) is 12.4 Å². The summed E-state index contributed by atoms with van der Waals surface area (Å²) in [4.78, 5) is 5.43. The zero-order valence-corrected chi connectivity index (χ0v) is 9.72. The number of aromatic nitrogens is 1. The summed E-state index contributed by atoms with van der Waals surface area (Å²) in [5, 5.41) is 12.0. The standard InChI is InChI=1S/C11H11NOS2/c13-7-9-1-3-10(4-2-9)15-8-11-12-5-6-14-11/h1-6,13H,7-8H2. The van der Waals surface area contributed by atoms with Gasteiger partial charge < -0.3 is 5.11 Å². The van der Waals surface area contributed by atoms with Gasteiger partial charge in [0.15, 0.2) is 0 Å². The second kappa shape index (κ2) is 5.30. The van der Waals surface area contributed by atoms with Crippen LogP contribution in [0.1, 0.15) is 10.6 Å². The third-order valence-corrected chi connectivity index (χ3v) is 3.94. The number of hydrogen-bond donors (Lipinski definition) is 1. The van der Waals surface area contributed by atoms with Gasteiger partial charge in [0.2, 0.25) is 0 Å². The van der Waals surface area contributed by atoms with E-state index in [4.69, 9.17) is 5.11 Å². The first-order valence-corrected chi connectivity index (χ1v) is 6.46. The average molecular weight is 237 g/mol. The van der Waals surface area contributed by atoms with Gasteiger partial charge in [0.1, 0.15) is 5.01 Å². The Morgan fingerprint density at radius 3 is 2.67 bits per heavy atom. The number of hydrogen-bond acceptors (Lipinski definition) is 4. The molecular formula is C11H11NOS2. The quantitative estimate of drug-likeness (QED) is 0.830. The Balaban J connectivity index is 1.93. The molecule has 0 spiro atoms. The van der Waals surface area contributed by atoms with Crippen molar-refractivity contribution in [3.8, 4) is 0 Å². The second-order valence-electron chi connectivity index (χ2n) is 3.02. The van der Waals surface area contributed by atoms with Gasteiger partial charge in [-0.15, -0.1) is 23.1 Å². The Morgan fingerprint density at radius 2 is 2.07 bits per heavy atom. The number of nitrogens with zero attached hydrogens (tertiary/aromatic N) is 1. The monoisotopic (exact) mass is 237 g/mol. The molecule has 1 heterocycles. The van der Waals surface area contributed by atoms with Crippen LogP contribution in [0.3, 0.4) is 0 Å². The van der Waals surface area contributed by atoms with E-state index in [9.17, 15) is 0 Å². The first kappa shape index (κ1) is 10.7. The summed E-state index contributed by atoms with van der Waals surface area (Å²) >= 11 is 3.44.